The van der Waals surface area contributed by atoms with Crippen LogP contribution >= 0.6 is 0 Å². The number of hydrogen-bond donors (Lipinski definition) is 10. The molecule has 6 atom stereocenters. The van der Waals surface area contributed by atoms with Crippen molar-refractivity contribution in [3.8, 4) is 0 Å². The third-order valence-electron chi connectivity index (χ3n) is 8.44. The van der Waals surface area contributed by atoms with Gasteiger partial charge >= 0.3 is 5.97 Å². The van der Waals surface area contributed by atoms with Crippen LogP contribution in [0.25, 0.3) is 21.8 Å². The summed E-state index contributed by atoms with van der Waals surface area (Å²) in [6, 6.07) is 8.53. The Morgan fingerprint density at radius 2 is 1.20 bits per heavy atom. The van der Waals surface area contributed by atoms with Gasteiger partial charge in [0.05, 0.1) is 12.1 Å². The first kappa shape index (κ1) is 37.6. The molecular formula is C35H46N8O7. The predicted molar refractivity (Wildman–Crippen MR) is 188 cm³/mol. The summed E-state index contributed by atoms with van der Waals surface area (Å²) in [6.45, 7) is 4.62. The highest BCUT2D eigenvalue weighted by Gasteiger charge is 2.34. The number of fused-ring (bicyclic) bond motifs is 2. The molecule has 2 aromatic heterocycles. The zero-order valence-electron chi connectivity index (χ0n) is 28.2. The maximum absolute atomic E-state index is 13.7. The number of para-hydroxylation sites is 2. The van der Waals surface area contributed by atoms with Gasteiger partial charge in [-0.15, -0.1) is 0 Å². The van der Waals surface area contributed by atoms with Crippen LogP contribution < -0.4 is 32.7 Å². The number of aliphatic hydroxyl groups excluding tert-OH is 1. The van der Waals surface area contributed by atoms with Gasteiger partial charge in [0.2, 0.25) is 23.6 Å². The molecule has 4 aromatic rings. The molecule has 4 rings (SSSR count). The van der Waals surface area contributed by atoms with Crippen molar-refractivity contribution >= 4 is 51.4 Å². The lowest BCUT2D eigenvalue weighted by Gasteiger charge is -2.28. The Morgan fingerprint density at radius 3 is 1.72 bits per heavy atom. The number of rotatable bonds is 17. The number of H-pyrrole nitrogens is 2. The second kappa shape index (κ2) is 16.9. The van der Waals surface area contributed by atoms with E-state index < -0.39 is 72.5 Å². The van der Waals surface area contributed by atoms with Crippen molar-refractivity contribution in [3.63, 3.8) is 0 Å². The van der Waals surface area contributed by atoms with Crippen LogP contribution in [0.3, 0.4) is 0 Å². The molecule has 12 N–H and O–H groups in total. The fraction of sp³-hybridized carbons (Fsp3) is 0.400. The summed E-state index contributed by atoms with van der Waals surface area (Å²) < 4.78 is 0. The van der Waals surface area contributed by atoms with E-state index in [2.05, 4.69) is 31.2 Å². The van der Waals surface area contributed by atoms with Gasteiger partial charge in [0.1, 0.15) is 24.2 Å². The van der Waals surface area contributed by atoms with Gasteiger partial charge in [0.15, 0.2) is 0 Å². The lowest BCUT2D eigenvalue weighted by Crippen LogP contribution is -2.61. The summed E-state index contributed by atoms with van der Waals surface area (Å²) in [5, 5.41) is 31.9. The minimum Gasteiger partial charge on any atom is -0.480 e. The van der Waals surface area contributed by atoms with E-state index in [4.69, 9.17) is 11.5 Å². The van der Waals surface area contributed by atoms with Crippen LogP contribution in [0.1, 0.15) is 38.3 Å². The number of amides is 4. The highest BCUT2D eigenvalue weighted by Crippen LogP contribution is 2.20. The number of hydrogen-bond acceptors (Lipinski definition) is 8. The lowest BCUT2D eigenvalue weighted by molar-refractivity contribution is -0.142. The summed E-state index contributed by atoms with van der Waals surface area (Å²) in [5.41, 5.74) is 15.0. The molecule has 268 valence electrons. The van der Waals surface area contributed by atoms with Crippen LogP contribution in [0.15, 0.2) is 60.9 Å². The second-order valence-electron chi connectivity index (χ2n) is 12.8. The highest BCUT2D eigenvalue weighted by atomic mass is 16.4. The van der Waals surface area contributed by atoms with E-state index in [9.17, 15) is 34.2 Å². The van der Waals surface area contributed by atoms with Crippen LogP contribution in [0.5, 0.6) is 0 Å². The monoisotopic (exact) mass is 690 g/mol. The average Bonchev–Trinajstić information content (AvgIpc) is 3.68. The molecule has 0 aliphatic rings. The number of benzene rings is 2. The molecule has 0 saturated carbocycles. The van der Waals surface area contributed by atoms with Crippen molar-refractivity contribution < 1.29 is 34.2 Å². The zero-order valence-corrected chi connectivity index (χ0v) is 28.2. The standard InChI is InChI=1S/C35H46N8O7/c1-18(2)12-27(40-31(45)24(37)13-20-16-38-25-10-6-4-8-22(20)25)33(47)43-30(19(3)44)34(48)41-28(32(46)42-29(15-36)35(49)50)14-21-17-39-26-11-7-5-9-23(21)26/h4-11,16-19,24,27-30,38-39,44H,12-15,36-37H2,1-3H3,(H,40,45)(H,41,48)(H,42,46)(H,43,47)(H,49,50)/t19-,24+,27+,28+,29+,30+/m1/s1. The van der Waals surface area contributed by atoms with Gasteiger partial charge in [-0.2, -0.15) is 0 Å². The van der Waals surface area contributed by atoms with Gasteiger partial charge in [0.25, 0.3) is 0 Å². The zero-order chi connectivity index (χ0) is 36.5. The molecule has 0 fully saturated rings. The number of carboxylic acids is 1. The van der Waals surface area contributed by atoms with Gasteiger partial charge in [-0.05, 0) is 48.9 Å². The maximum Gasteiger partial charge on any atom is 0.327 e. The fourth-order valence-electron chi connectivity index (χ4n) is 5.76. The molecule has 4 amide bonds. The minimum absolute atomic E-state index is 0.0521. The van der Waals surface area contributed by atoms with Crippen molar-refractivity contribution in [2.45, 2.75) is 76.3 Å². The normalized spacial score (nSPS) is 15.1. The smallest absolute Gasteiger partial charge is 0.327 e. The number of carboxylic acid groups (broad SMARTS) is 1. The first-order valence-electron chi connectivity index (χ1n) is 16.5. The molecule has 0 spiro atoms. The quantitative estimate of drug-likeness (QED) is 0.0723. The predicted octanol–water partition coefficient (Wildman–Crippen LogP) is 0.171. The van der Waals surface area contributed by atoms with Gasteiger partial charge < -0.3 is 52.9 Å². The van der Waals surface area contributed by atoms with Gasteiger partial charge in [-0.1, -0.05) is 50.2 Å². The molecule has 15 heteroatoms. The Kier molecular flexibility index (Phi) is 12.7. The van der Waals surface area contributed by atoms with Gasteiger partial charge in [-0.25, -0.2) is 4.79 Å². The van der Waals surface area contributed by atoms with Crippen molar-refractivity contribution in [2.24, 2.45) is 17.4 Å². The van der Waals surface area contributed by atoms with Crippen LogP contribution in [0.2, 0.25) is 0 Å². The SMILES string of the molecule is CC(C)C[C@H](NC(=O)[C@@H](N)Cc1c[nH]c2ccccc12)C(=O)N[C@H](C(=O)N[C@@H](Cc1c[nH]c2ccccc12)C(=O)N[C@@H](CN)C(=O)O)[C@@H](C)O. The van der Waals surface area contributed by atoms with Gasteiger partial charge in [-0.3, -0.25) is 19.2 Å². The molecule has 0 aliphatic carbocycles. The lowest BCUT2D eigenvalue weighted by atomic mass is 10.00. The third kappa shape index (κ3) is 9.46. The summed E-state index contributed by atoms with van der Waals surface area (Å²) in [6.07, 6.45) is 2.38. The summed E-state index contributed by atoms with van der Waals surface area (Å²) in [7, 11) is 0. The Balaban J connectivity index is 1.49. The molecule has 15 nitrogen and oxygen atoms in total. The van der Waals surface area contributed by atoms with E-state index in [-0.39, 0.29) is 25.2 Å². The second-order valence-corrected chi connectivity index (χ2v) is 12.8. The van der Waals surface area contributed by atoms with Gasteiger partial charge in [0, 0.05) is 47.2 Å². The number of carbonyl (C=O) groups is 5. The van der Waals surface area contributed by atoms with Crippen molar-refractivity contribution in [3.05, 3.63) is 72.1 Å². The van der Waals surface area contributed by atoms with Crippen molar-refractivity contribution in [1.82, 2.24) is 31.2 Å². The number of nitrogens with one attached hydrogen (secondary N) is 6. The molecule has 0 saturated heterocycles. The number of aliphatic hydroxyl groups is 1. The van der Waals surface area contributed by atoms with E-state index in [0.717, 1.165) is 27.4 Å². The van der Waals surface area contributed by atoms with Crippen molar-refractivity contribution in [2.75, 3.05) is 6.54 Å². The first-order valence-corrected chi connectivity index (χ1v) is 16.5. The van der Waals surface area contributed by atoms with E-state index in [1.807, 2.05) is 62.4 Å². The van der Waals surface area contributed by atoms with Crippen LogP contribution in [-0.4, -0.2) is 92.6 Å². The fourth-order valence-corrected chi connectivity index (χ4v) is 5.76. The molecule has 50 heavy (non-hydrogen) atoms. The Hall–Kier alpha value is -5.25. The molecule has 0 bridgehead atoms. The number of aromatic amines is 2. The molecule has 0 unspecified atom stereocenters. The van der Waals surface area contributed by atoms with E-state index in [1.54, 1.807) is 12.4 Å². The van der Waals surface area contributed by atoms with Crippen LogP contribution in [0, 0.1) is 5.92 Å². The molecule has 2 aromatic carbocycles. The summed E-state index contributed by atoms with van der Waals surface area (Å²) in [4.78, 5) is 71.7. The first-order chi connectivity index (χ1) is 23.8. The molecule has 0 radical (unpaired) electrons. The largest absolute Gasteiger partial charge is 0.480 e. The topological polar surface area (TPSA) is 258 Å². The van der Waals surface area contributed by atoms with E-state index >= 15 is 0 Å². The molecule has 2 heterocycles. The number of aromatic nitrogens is 2. The Labute approximate surface area is 288 Å². The Morgan fingerprint density at radius 1 is 0.700 bits per heavy atom. The Bertz CT molecular complexity index is 1820. The minimum atomic E-state index is -1.54. The number of carbonyl (C=O) groups excluding carboxylic acids is 4. The third-order valence-corrected chi connectivity index (χ3v) is 8.44. The number of nitrogens with two attached hydrogens (primary N) is 2. The maximum atomic E-state index is 13.7. The molecule has 0 aliphatic heterocycles. The van der Waals surface area contributed by atoms with Crippen LogP contribution in [0.4, 0.5) is 0 Å². The van der Waals surface area contributed by atoms with Crippen molar-refractivity contribution in [1.29, 1.82) is 0 Å². The average molecular weight is 691 g/mol. The number of aliphatic carboxylic acids is 1. The highest BCUT2D eigenvalue weighted by molar-refractivity contribution is 5.96. The van der Waals surface area contributed by atoms with Crippen LogP contribution in [-0.2, 0) is 36.8 Å². The van der Waals surface area contributed by atoms with E-state index in [1.165, 1.54) is 6.92 Å². The molecular weight excluding hydrogens is 644 g/mol. The summed E-state index contributed by atoms with van der Waals surface area (Å²) >= 11 is 0. The van der Waals surface area contributed by atoms with E-state index in [0.29, 0.717) is 5.56 Å². The summed E-state index contributed by atoms with van der Waals surface area (Å²) in [5.74, 6) is -4.45.